The van der Waals surface area contributed by atoms with Gasteiger partial charge in [-0.25, -0.2) is 16.8 Å². The number of hydrogen-bond donors (Lipinski definition) is 0. The minimum absolute atomic E-state index is 0.0239. The fourth-order valence-electron chi connectivity index (χ4n) is 3.17. The fourth-order valence-corrected chi connectivity index (χ4v) is 6.68. The van der Waals surface area contributed by atoms with Crippen LogP contribution in [0.4, 0.5) is 5.69 Å². The Labute approximate surface area is 173 Å². The highest BCUT2D eigenvalue weighted by Gasteiger charge is 2.37. The first-order valence-electron chi connectivity index (χ1n) is 8.55. The van der Waals surface area contributed by atoms with E-state index in [9.17, 15) is 26.9 Å². The lowest BCUT2D eigenvalue weighted by Crippen LogP contribution is -2.50. The van der Waals surface area contributed by atoms with Crippen molar-refractivity contribution in [2.45, 2.75) is 16.7 Å². The Morgan fingerprint density at radius 3 is 2.03 bits per heavy atom. The summed E-state index contributed by atoms with van der Waals surface area (Å²) < 4.78 is 53.9. The van der Waals surface area contributed by atoms with Gasteiger partial charge in [0.15, 0.2) is 4.90 Å². The molecule has 0 aromatic heterocycles. The van der Waals surface area contributed by atoms with Crippen molar-refractivity contribution in [1.29, 1.82) is 0 Å². The first kappa shape index (κ1) is 21.7. The molecule has 2 aromatic rings. The second-order valence-electron chi connectivity index (χ2n) is 6.45. The normalized spacial score (nSPS) is 16.6. The molecule has 2 aromatic carbocycles. The van der Waals surface area contributed by atoms with Gasteiger partial charge < -0.3 is 0 Å². The number of piperazine rings is 1. The number of halogens is 1. The number of aryl methyl sites for hydroxylation is 1. The maximum atomic E-state index is 13.0. The van der Waals surface area contributed by atoms with Gasteiger partial charge in [-0.1, -0.05) is 29.8 Å². The second-order valence-corrected chi connectivity index (χ2v) is 10.7. The van der Waals surface area contributed by atoms with Crippen LogP contribution in [0.15, 0.2) is 52.3 Å². The van der Waals surface area contributed by atoms with E-state index in [1.165, 1.54) is 41.6 Å². The van der Waals surface area contributed by atoms with Crippen LogP contribution in [-0.4, -0.2) is 56.5 Å². The van der Waals surface area contributed by atoms with Crippen LogP contribution >= 0.6 is 11.6 Å². The SMILES string of the molecule is Cc1cccc([N+](=O)[O-])c1S(=O)(=O)N1CCN(S(=O)(=O)c2cccc(Cl)c2)CC1. The third kappa shape index (κ3) is 4.14. The minimum atomic E-state index is -4.16. The molecule has 0 amide bonds. The lowest BCUT2D eigenvalue weighted by molar-refractivity contribution is -0.387. The predicted octanol–water partition coefficient (Wildman–Crippen LogP) is 2.25. The monoisotopic (exact) mass is 459 g/mol. The molecule has 1 saturated heterocycles. The van der Waals surface area contributed by atoms with Crippen LogP contribution in [0.5, 0.6) is 0 Å². The molecule has 29 heavy (non-hydrogen) atoms. The Hall–Kier alpha value is -2.05. The van der Waals surface area contributed by atoms with Crippen LogP contribution in [0.2, 0.25) is 5.02 Å². The molecule has 0 radical (unpaired) electrons. The van der Waals surface area contributed by atoms with Crippen molar-refractivity contribution < 1.29 is 21.8 Å². The number of sulfonamides is 2. The van der Waals surface area contributed by atoms with Gasteiger partial charge in [0.05, 0.1) is 9.82 Å². The van der Waals surface area contributed by atoms with Gasteiger partial charge in [-0.2, -0.15) is 8.61 Å². The largest absolute Gasteiger partial charge is 0.289 e. The molecule has 1 heterocycles. The molecule has 1 aliphatic rings. The highest BCUT2D eigenvalue weighted by atomic mass is 35.5. The van der Waals surface area contributed by atoms with Crippen LogP contribution in [0.3, 0.4) is 0 Å². The number of nitro groups is 1. The zero-order chi connectivity index (χ0) is 21.4. The first-order valence-corrected chi connectivity index (χ1v) is 11.8. The van der Waals surface area contributed by atoms with E-state index in [0.29, 0.717) is 0 Å². The van der Waals surface area contributed by atoms with Crippen molar-refractivity contribution in [3.63, 3.8) is 0 Å². The van der Waals surface area contributed by atoms with Crippen LogP contribution < -0.4 is 0 Å². The maximum absolute atomic E-state index is 13.0. The number of nitro benzene ring substituents is 1. The molecule has 9 nitrogen and oxygen atoms in total. The zero-order valence-electron chi connectivity index (χ0n) is 15.4. The highest BCUT2D eigenvalue weighted by Crippen LogP contribution is 2.31. The zero-order valence-corrected chi connectivity index (χ0v) is 17.7. The predicted molar refractivity (Wildman–Crippen MR) is 107 cm³/mol. The first-order chi connectivity index (χ1) is 13.5. The summed E-state index contributed by atoms with van der Waals surface area (Å²) in [6.07, 6.45) is 0. The lowest BCUT2D eigenvalue weighted by Gasteiger charge is -2.33. The number of benzene rings is 2. The molecular weight excluding hydrogens is 442 g/mol. The summed E-state index contributed by atoms with van der Waals surface area (Å²) in [5, 5.41) is 11.6. The fraction of sp³-hybridized carbons (Fsp3) is 0.294. The second kappa shape index (κ2) is 8.00. The Bertz CT molecular complexity index is 1160. The third-order valence-corrected chi connectivity index (χ3v) is 8.84. The van der Waals surface area contributed by atoms with Crippen LogP contribution in [0.1, 0.15) is 5.56 Å². The van der Waals surface area contributed by atoms with Gasteiger partial charge in [-0.15, -0.1) is 0 Å². The van der Waals surface area contributed by atoms with E-state index >= 15 is 0 Å². The molecule has 12 heteroatoms. The van der Waals surface area contributed by atoms with Crippen molar-refractivity contribution in [3.05, 3.63) is 63.2 Å². The Balaban J connectivity index is 1.85. The molecule has 0 unspecified atom stereocenters. The average molecular weight is 460 g/mol. The van der Waals surface area contributed by atoms with Gasteiger partial charge in [0.2, 0.25) is 20.0 Å². The molecule has 0 saturated carbocycles. The van der Waals surface area contributed by atoms with Crippen molar-refractivity contribution in [1.82, 2.24) is 8.61 Å². The minimum Gasteiger partial charge on any atom is -0.258 e. The van der Waals surface area contributed by atoms with Crippen LogP contribution in [0.25, 0.3) is 0 Å². The van der Waals surface area contributed by atoms with E-state index in [4.69, 9.17) is 11.6 Å². The van der Waals surface area contributed by atoms with Gasteiger partial charge >= 0.3 is 0 Å². The Morgan fingerprint density at radius 2 is 1.48 bits per heavy atom. The summed E-state index contributed by atoms with van der Waals surface area (Å²) in [7, 11) is -7.99. The van der Waals surface area contributed by atoms with Crippen molar-refractivity contribution in [2.24, 2.45) is 0 Å². The van der Waals surface area contributed by atoms with Gasteiger partial charge in [-0.3, -0.25) is 10.1 Å². The van der Waals surface area contributed by atoms with E-state index in [-0.39, 0.29) is 46.6 Å². The Morgan fingerprint density at radius 1 is 0.931 bits per heavy atom. The molecule has 156 valence electrons. The third-order valence-electron chi connectivity index (χ3n) is 4.62. The molecule has 0 atom stereocenters. The highest BCUT2D eigenvalue weighted by molar-refractivity contribution is 7.89. The average Bonchev–Trinajstić information content (AvgIpc) is 2.67. The van der Waals surface area contributed by atoms with E-state index in [0.717, 1.165) is 10.4 Å². The summed E-state index contributed by atoms with van der Waals surface area (Å²) in [6, 6.07) is 9.87. The van der Waals surface area contributed by atoms with Crippen molar-refractivity contribution in [2.75, 3.05) is 26.2 Å². The summed E-state index contributed by atoms with van der Waals surface area (Å²) in [5.74, 6) is 0. The summed E-state index contributed by atoms with van der Waals surface area (Å²) in [6.45, 7) is 1.10. The quantitative estimate of drug-likeness (QED) is 0.499. The van der Waals surface area contributed by atoms with Gasteiger partial charge in [0.25, 0.3) is 5.69 Å². The van der Waals surface area contributed by atoms with E-state index in [1.807, 2.05) is 0 Å². The van der Waals surface area contributed by atoms with E-state index < -0.39 is 30.7 Å². The number of rotatable bonds is 5. The maximum Gasteiger partial charge on any atom is 0.289 e. The molecule has 0 aliphatic carbocycles. The molecule has 0 bridgehead atoms. The Kier molecular flexibility index (Phi) is 5.97. The summed E-state index contributed by atoms with van der Waals surface area (Å²) in [4.78, 5) is 10.2. The smallest absolute Gasteiger partial charge is 0.258 e. The molecule has 0 N–H and O–H groups in total. The molecule has 1 fully saturated rings. The van der Waals surface area contributed by atoms with Gasteiger partial charge in [-0.05, 0) is 30.7 Å². The van der Waals surface area contributed by atoms with Crippen LogP contribution in [0, 0.1) is 17.0 Å². The van der Waals surface area contributed by atoms with E-state index in [2.05, 4.69) is 0 Å². The van der Waals surface area contributed by atoms with E-state index in [1.54, 1.807) is 6.07 Å². The lowest BCUT2D eigenvalue weighted by atomic mass is 10.2. The molecule has 0 spiro atoms. The van der Waals surface area contributed by atoms with Crippen molar-refractivity contribution in [3.8, 4) is 0 Å². The standard InChI is InChI=1S/C17H18ClN3O6S2/c1-13-4-2-7-16(21(22)23)17(13)29(26,27)20-10-8-19(9-11-20)28(24,25)15-6-3-5-14(18)12-15/h2-7,12H,8-11H2,1H3. The summed E-state index contributed by atoms with van der Waals surface area (Å²) in [5.41, 5.74) is -0.243. The van der Waals surface area contributed by atoms with Gasteiger partial charge in [0, 0.05) is 37.3 Å². The number of nitrogens with zero attached hydrogens (tertiary/aromatic N) is 3. The van der Waals surface area contributed by atoms with Gasteiger partial charge in [0.1, 0.15) is 0 Å². The topological polar surface area (TPSA) is 118 Å². The van der Waals surface area contributed by atoms with Crippen molar-refractivity contribution >= 4 is 37.3 Å². The van der Waals surface area contributed by atoms with Crippen LogP contribution in [-0.2, 0) is 20.0 Å². The summed E-state index contributed by atoms with van der Waals surface area (Å²) >= 11 is 5.87. The molecule has 1 aliphatic heterocycles. The molecule has 3 rings (SSSR count). The molecular formula is C17H18ClN3O6S2. The number of hydrogen-bond acceptors (Lipinski definition) is 6.